The molecule has 1 atom stereocenters. The van der Waals surface area contributed by atoms with Crippen LogP contribution in [0.3, 0.4) is 0 Å². The summed E-state index contributed by atoms with van der Waals surface area (Å²) in [5, 5.41) is 4.37. The maximum Gasteiger partial charge on any atom is 0.185 e. The minimum atomic E-state index is 0.390. The van der Waals surface area contributed by atoms with Crippen molar-refractivity contribution in [2.24, 2.45) is 0 Å². The molecule has 0 aliphatic carbocycles. The Balaban J connectivity index is 2.76. The predicted octanol–water partition coefficient (Wildman–Crippen LogP) is 3.05. The van der Waals surface area contributed by atoms with Crippen LogP contribution in [0.25, 0.3) is 0 Å². The first kappa shape index (κ1) is 13.5. The van der Waals surface area contributed by atoms with Crippen LogP contribution in [0.15, 0.2) is 6.20 Å². The van der Waals surface area contributed by atoms with Gasteiger partial charge in [0.15, 0.2) is 5.13 Å². The molecule has 0 aliphatic rings. The number of aromatic nitrogens is 1. The number of hydrogen-bond donors (Lipinski definition) is 1. The fourth-order valence-electron chi connectivity index (χ4n) is 1.78. The third-order valence-corrected chi connectivity index (χ3v) is 4.43. The Kier molecular flexibility index (Phi) is 5.22. The molecule has 0 fully saturated rings. The third kappa shape index (κ3) is 2.95. The van der Waals surface area contributed by atoms with Crippen molar-refractivity contribution in [1.82, 2.24) is 10.3 Å². The summed E-state index contributed by atoms with van der Waals surface area (Å²) in [5.41, 5.74) is 0. The van der Waals surface area contributed by atoms with Crippen molar-refractivity contribution < 1.29 is 0 Å². The molecule has 1 heterocycles. The molecule has 0 saturated heterocycles. The molecule has 1 N–H and O–H groups in total. The van der Waals surface area contributed by atoms with Gasteiger partial charge < -0.3 is 10.2 Å². The SMILES string of the molecule is CCC(CC)N(C)c1ncc(C(C)NC)s1. The molecule has 0 radical (unpaired) electrons. The van der Waals surface area contributed by atoms with Gasteiger partial charge in [-0.1, -0.05) is 13.8 Å². The number of nitrogens with one attached hydrogen (secondary N) is 1. The zero-order valence-electron chi connectivity index (χ0n) is 10.9. The van der Waals surface area contributed by atoms with Crippen molar-refractivity contribution in [3.63, 3.8) is 0 Å². The van der Waals surface area contributed by atoms with Crippen molar-refractivity contribution in [2.45, 2.75) is 45.7 Å². The highest BCUT2D eigenvalue weighted by Crippen LogP contribution is 2.28. The van der Waals surface area contributed by atoms with E-state index in [4.69, 9.17) is 0 Å². The molecule has 0 saturated carbocycles. The van der Waals surface area contributed by atoms with E-state index in [1.807, 2.05) is 13.2 Å². The van der Waals surface area contributed by atoms with Crippen LogP contribution in [-0.2, 0) is 0 Å². The summed E-state index contributed by atoms with van der Waals surface area (Å²) in [6.07, 6.45) is 4.33. The molecule has 16 heavy (non-hydrogen) atoms. The van der Waals surface area contributed by atoms with E-state index in [0.29, 0.717) is 12.1 Å². The molecule has 0 aromatic carbocycles. The van der Waals surface area contributed by atoms with Gasteiger partial charge in [-0.2, -0.15) is 0 Å². The van der Waals surface area contributed by atoms with Gasteiger partial charge in [0, 0.05) is 30.2 Å². The lowest BCUT2D eigenvalue weighted by atomic mass is 10.1. The van der Waals surface area contributed by atoms with E-state index in [0.717, 1.165) is 5.13 Å². The summed E-state index contributed by atoms with van der Waals surface area (Å²) in [5.74, 6) is 0. The standard InChI is InChI=1S/C12H23N3S/c1-6-10(7-2)15(5)12-14-8-11(16-12)9(3)13-4/h8-10,13H,6-7H2,1-5H3. The van der Waals surface area contributed by atoms with E-state index in [9.17, 15) is 0 Å². The Labute approximate surface area is 103 Å². The third-order valence-electron chi connectivity index (χ3n) is 3.16. The molecule has 0 spiro atoms. The van der Waals surface area contributed by atoms with E-state index < -0.39 is 0 Å². The van der Waals surface area contributed by atoms with Gasteiger partial charge in [0.25, 0.3) is 0 Å². The van der Waals surface area contributed by atoms with Crippen molar-refractivity contribution in [1.29, 1.82) is 0 Å². The molecule has 1 rings (SSSR count). The molecule has 92 valence electrons. The summed E-state index contributed by atoms with van der Waals surface area (Å²) < 4.78 is 0. The van der Waals surface area contributed by atoms with Gasteiger partial charge in [-0.05, 0) is 26.8 Å². The average Bonchev–Trinajstić information content (AvgIpc) is 2.78. The molecule has 0 aliphatic heterocycles. The van der Waals surface area contributed by atoms with E-state index in [2.05, 4.69) is 43.0 Å². The molecular formula is C12H23N3S. The van der Waals surface area contributed by atoms with Crippen LogP contribution in [0.1, 0.15) is 44.5 Å². The molecule has 3 nitrogen and oxygen atoms in total. The lowest BCUT2D eigenvalue weighted by Crippen LogP contribution is -2.30. The van der Waals surface area contributed by atoms with Crippen LogP contribution in [0.4, 0.5) is 5.13 Å². The van der Waals surface area contributed by atoms with Crippen molar-refractivity contribution in [3.8, 4) is 0 Å². The topological polar surface area (TPSA) is 28.2 Å². The van der Waals surface area contributed by atoms with Gasteiger partial charge in [-0.15, -0.1) is 11.3 Å². The van der Waals surface area contributed by atoms with Gasteiger partial charge in [-0.25, -0.2) is 4.98 Å². The Hall–Kier alpha value is -0.610. The van der Waals surface area contributed by atoms with E-state index in [1.54, 1.807) is 11.3 Å². The van der Waals surface area contributed by atoms with Crippen LogP contribution in [0, 0.1) is 0 Å². The Morgan fingerprint density at radius 1 is 1.44 bits per heavy atom. The first-order chi connectivity index (χ1) is 7.63. The molecule has 1 aromatic heterocycles. The number of thiazole rings is 1. The fraction of sp³-hybridized carbons (Fsp3) is 0.750. The molecule has 0 amide bonds. The largest absolute Gasteiger partial charge is 0.348 e. The maximum absolute atomic E-state index is 4.51. The smallest absolute Gasteiger partial charge is 0.185 e. The molecule has 0 bridgehead atoms. The summed E-state index contributed by atoms with van der Waals surface area (Å²) >= 11 is 1.79. The summed E-state index contributed by atoms with van der Waals surface area (Å²) in [6, 6.07) is 0.991. The highest BCUT2D eigenvalue weighted by Gasteiger charge is 2.15. The minimum absolute atomic E-state index is 0.390. The molecule has 1 aromatic rings. The van der Waals surface area contributed by atoms with Gasteiger partial charge in [0.1, 0.15) is 0 Å². The van der Waals surface area contributed by atoms with Gasteiger partial charge >= 0.3 is 0 Å². The zero-order chi connectivity index (χ0) is 12.1. The number of rotatable bonds is 6. The lowest BCUT2D eigenvalue weighted by molar-refractivity contribution is 0.590. The molecule has 4 heteroatoms. The fourth-order valence-corrected chi connectivity index (χ4v) is 2.78. The lowest BCUT2D eigenvalue weighted by Gasteiger charge is -2.25. The highest BCUT2D eigenvalue weighted by molar-refractivity contribution is 7.15. The number of hydrogen-bond acceptors (Lipinski definition) is 4. The second-order valence-corrected chi connectivity index (χ2v) is 5.18. The number of anilines is 1. The summed E-state index contributed by atoms with van der Waals surface area (Å²) in [7, 11) is 4.12. The predicted molar refractivity (Wildman–Crippen MR) is 72.4 cm³/mol. The van der Waals surface area contributed by atoms with Gasteiger partial charge in [0.2, 0.25) is 0 Å². The first-order valence-corrected chi connectivity index (χ1v) is 6.81. The minimum Gasteiger partial charge on any atom is -0.348 e. The Bertz CT molecular complexity index is 307. The Morgan fingerprint density at radius 2 is 2.06 bits per heavy atom. The molecular weight excluding hydrogens is 218 g/mol. The van der Waals surface area contributed by atoms with E-state index in [1.165, 1.54) is 17.7 Å². The van der Waals surface area contributed by atoms with Crippen molar-refractivity contribution in [3.05, 3.63) is 11.1 Å². The van der Waals surface area contributed by atoms with Crippen LogP contribution in [-0.4, -0.2) is 25.1 Å². The highest BCUT2D eigenvalue weighted by atomic mass is 32.1. The van der Waals surface area contributed by atoms with Gasteiger partial charge in [-0.3, -0.25) is 0 Å². The van der Waals surface area contributed by atoms with Gasteiger partial charge in [0.05, 0.1) is 0 Å². The monoisotopic (exact) mass is 241 g/mol. The van der Waals surface area contributed by atoms with Crippen LogP contribution in [0.5, 0.6) is 0 Å². The normalized spacial score (nSPS) is 13.1. The van der Waals surface area contributed by atoms with Crippen LogP contribution in [0.2, 0.25) is 0 Å². The maximum atomic E-state index is 4.51. The Morgan fingerprint density at radius 3 is 2.56 bits per heavy atom. The van der Waals surface area contributed by atoms with Crippen molar-refractivity contribution in [2.75, 3.05) is 19.0 Å². The second-order valence-electron chi connectivity index (χ2n) is 4.14. The van der Waals surface area contributed by atoms with Crippen LogP contribution < -0.4 is 10.2 Å². The second kappa shape index (κ2) is 6.21. The van der Waals surface area contributed by atoms with E-state index >= 15 is 0 Å². The zero-order valence-corrected chi connectivity index (χ0v) is 11.8. The van der Waals surface area contributed by atoms with E-state index in [-0.39, 0.29) is 0 Å². The summed E-state index contributed by atoms with van der Waals surface area (Å²) in [6.45, 7) is 6.62. The van der Waals surface area contributed by atoms with Crippen molar-refractivity contribution >= 4 is 16.5 Å². The first-order valence-electron chi connectivity index (χ1n) is 5.99. The molecule has 1 unspecified atom stereocenters. The summed E-state index contributed by atoms with van der Waals surface area (Å²) in [4.78, 5) is 8.11. The average molecular weight is 241 g/mol. The number of nitrogens with zero attached hydrogens (tertiary/aromatic N) is 2. The van der Waals surface area contributed by atoms with Crippen LogP contribution >= 0.6 is 11.3 Å². The quantitative estimate of drug-likeness (QED) is 0.829.